The summed E-state index contributed by atoms with van der Waals surface area (Å²) in [7, 11) is 0. The fourth-order valence-corrected chi connectivity index (χ4v) is 6.44. The van der Waals surface area contributed by atoms with Crippen LogP contribution in [0, 0.1) is 0 Å². The number of thiazole rings is 1. The summed E-state index contributed by atoms with van der Waals surface area (Å²) in [4.78, 5) is 26.3. The molecule has 2 aliphatic heterocycles. The van der Waals surface area contributed by atoms with Gasteiger partial charge in [0.05, 0.1) is 11.2 Å². The van der Waals surface area contributed by atoms with Crippen LogP contribution in [0.3, 0.4) is 0 Å². The van der Waals surface area contributed by atoms with Crippen molar-refractivity contribution in [3.63, 3.8) is 0 Å². The first-order valence-corrected chi connectivity index (χ1v) is 14.6. The van der Waals surface area contributed by atoms with Crippen molar-refractivity contribution in [3.05, 3.63) is 54.4 Å². The lowest BCUT2D eigenvalue weighted by molar-refractivity contribution is 0.178. The van der Waals surface area contributed by atoms with Gasteiger partial charge >= 0.3 is 6.03 Å². The summed E-state index contributed by atoms with van der Waals surface area (Å²) in [5.74, 6) is 1.72. The third-order valence-corrected chi connectivity index (χ3v) is 8.63. The lowest BCUT2D eigenvalue weighted by atomic mass is 9.93. The molecule has 0 saturated carbocycles. The van der Waals surface area contributed by atoms with E-state index in [0.29, 0.717) is 41.8 Å². The summed E-state index contributed by atoms with van der Waals surface area (Å²) in [6.45, 7) is 9.83. The number of rotatable bonds is 7. The molecule has 1 aromatic carbocycles. The number of hydrogen-bond donors (Lipinski definition) is 3. The second kappa shape index (κ2) is 10.1. The number of piperazine rings is 1. The van der Waals surface area contributed by atoms with E-state index >= 15 is 0 Å². The summed E-state index contributed by atoms with van der Waals surface area (Å²) >= 11 is 1.54. The van der Waals surface area contributed by atoms with Gasteiger partial charge in [-0.05, 0) is 24.6 Å². The van der Waals surface area contributed by atoms with E-state index in [2.05, 4.69) is 30.4 Å². The molecular weight excluding hydrogens is 540 g/mol. The molecule has 0 radical (unpaired) electrons. The molecule has 11 nitrogen and oxygen atoms in total. The van der Waals surface area contributed by atoms with Crippen molar-refractivity contribution < 1.29 is 14.1 Å². The number of hydrogen-bond acceptors (Lipinski definition) is 9. The van der Waals surface area contributed by atoms with E-state index in [9.17, 15) is 4.79 Å². The van der Waals surface area contributed by atoms with Gasteiger partial charge in [0.1, 0.15) is 17.2 Å². The summed E-state index contributed by atoms with van der Waals surface area (Å²) in [6.07, 6.45) is 3.27. The summed E-state index contributed by atoms with van der Waals surface area (Å²) in [5, 5.41) is 13.0. The maximum absolute atomic E-state index is 12.4. The van der Waals surface area contributed by atoms with Gasteiger partial charge in [0.25, 0.3) is 0 Å². The Hall–Kier alpha value is -4.00. The highest BCUT2D eigenvalue weighted by Gasteiger charge is 2.37. The smallest absolute Gasteiger partial charge is 0.324 e. The fourth-order valence-electron chi connectivity index (χ4n) is 5.47. The van der Waals surface area contributed by atoms with E-state index in [1.165, 1.54) is 17.8 Å². The van der Waals surface area contributed by atoms with Crippen LogP contribution in [0.1, 0.15) is 33.0 Å². The molecule has 0 spiro atoms. The standard InChI is InChI=1S/C29H32N8O3S/c1-29(2,3)23-13-24(35-40-23)33-27(38)31-18-6-4-17(5-7-18)21-16-37-22-8-9-25(34-26(22)41-28(37)32-21)39-11-10-36-15-19-12-20(36)14-30-19/h4-9,13,16,19-20,30H,10-12,14-15H2,1-3H3,(H2,31,33,35,38)/t19-,20-/m0/s1. The van der Waals surface area contributed by atoms with Crippen molar-refractivity contribution in [2.24, 2.45) is 0 Å². The van der Waals surface area contributed by atoms with Crippen LogP contribution in [0.4, 0.5) is 16.3 Å². The minimum absolute atomic E-state index is 0.189. The highest BCUT2D eigenvalue weighted by atomic mass is 32.1. The van der Waals surface area contributed by atoms with Gasteiger partial charge in [-0.25, -0.2) is 14.8 Å². The van der Waals surface area contributed by atoms with Crippen molar-refractivity contribution in [2.45, 2.75) is 44.7 Å². The number of fused-ring (bicyclic) bond motifs is 5. The molecule has 2 fully saturated rings. The van der Waals surface area contributed by atoms with E-state index in [1.54, 1.807) is 6.07 Å². The second-order valence-electron chi connectivity index (χ2n) is 11.7. The zero-order chi connectivity index (χ0) is 28.1. The van der Waals surface area contributed by atoms with Gasteiger partial charge in [-0.3, -0.25) is 14.6 Å². The predicted octanol–water partition coefficient (Wildman–Crippen LogP) is 4.97. The van der Waals surface area contributed by atoms with Gasteiger partial charge in [0.15, 0.2) is 10.8 Å². The number of nitrogens with zero attached hydrogens (tertiary/aromatic N) is 5. The quantitative estimate of drug-likeness (QED) is 0.250. The molecule has 12 heteroatoms. The van der Waals surface area contributed by atoms with Crippen molar-refractivity contribution in [1.29, 1.82) is 0 Å². The van der Waals surface area contributed by atoms with E-state index < -0.39 is 6.03 Å². The molecule has 2 saturated heterocycles. The average molecular weight is 573 g/mol. The van der Waals surface area contributed by atoms with Crippen molar-refractivity contribution >= 4 is 44.2 Å². The largest absolute Gasteiger partial charge is 0.476 e. The fraction of sp³-hybridized carbons (Fsp3) is 0.379. The number of anilines is 2. The van der Waals surface area contributed by atoms with Crippen LogP contribution < -0.4 is 20.7 Å². The molecule has 2 atom stereocenters. The van der Waals surface area contributed by atoms with Crippen molar-refractivity contribution in [2.75, 3.05) is 36.9 Å². The van der Waals surface area contributed by atoms with Gasteiger partial charge in [-0.15, -0.1) is 0 Å². The molecule has 5 aromatic rings. The molecule has 3 N–H and O–H groups in total. The minimum atomic E-state index is -0.392. The second-order valence-corrected chi connectivity index (χ2v) is 12.6. The molecule has 4 aromatic heterocycles. The Morgan fingerprint density at radius 1 is 1.17 bits per heavy atom. The third-order valence-electron chi connectivity index (χ3n) is 7.66. The Morgan fingerprint density at radius 2 is 2.02 bits per heavy atom. The van der Waals surface area contributed by atoms with Gasteiger partial charge in [0, 0.05) is 66.7 Å². The van der Waals surface area contributed by atoms with Crippen LogP contribution in [0.2, 0.25) is 0 Å². The number of amides is 2. The average Bonchev–Trinajstić information content (AvgIpc) is 3.75. The zero-order valence-electron chi connectivity index (χ0n) is 23.2. The maximum atomic E-state index is 12.4. The number of likely N-dealkylation sites (tertiary alicyclic amines) is 1. The van der Waals surface area contributed by atoms with Crippen LogP contribution in [0.5, 0.6) is 5.88 Å². The SMILES string of the molecule is CC(C)(C)c1cc(NC(=O)Nc2ccc(-c3cn4c(n3)sc3nc(OCCN5C[C@@H]6C[C@H]5CN6)ccc34)cc2)no1. The first-order chi connectivity index (χ1) is 19.8. The van der Waals surface area contributed by atoms with E-state index in [-0.39, 0.29) is 5.41 Å². The lowest BCUT2D eigenvalue weighted by Gasteiger charge is -2.26. The molecular formula is C29H32N8O3S. The minimum Gasteiger partial charge on any atom is -0.476 e. The molecule has 2 aliphatic rings. The number of imidazole rings is 1. The third kappa shape index (κ3) is 5.25. The van der Waals surface area contributed by atoms with Crippen LogP contribution in [-0.4, -0.2) is 68.8 Å². The van der Waals surface area contributed by atoms with Gasteiger partial charge < -0.3 is 19.9 Å². The van der Waals surface area contributed by atoms with Gasteiger partial charge in [-0.1, -0.05) is 49.4 Å². The van der Waals surface area contributed by atoms with Crippen LogP contribution in [0.15, 0.2) is 53.2 Å². The summed E-state index contributed by atoms with van der Waals surface area (Å²) < 4.78 is 13.4. The number of nitrogens with one attached hydrogen (secondary N) is 3. The molecule has 0 unspecified atom stereocenters. The van der Waals surface area contributed by atoms with E-state index in [0.717, 1.165) is 46.2 Å². The van der Waals surface area contributed by atoms with Crippen molar-refractivity contribution in [3.8, 4) is 17.1 Å². The molecule has 6 heterocycles. The first-order valence-electron chi connectivity index (χ1n) is 13.8. The Morgan fingerprint density at radius 3 is 2.76 bits per heavy atom. The Bertz CT molecular complexity index is 1720. The molecule has 41 heavy (non-hydrogen) atoms. The Balaban J connectivity index is 0.978. The zero-order valence-corrected chi connectivity index (χ0v) is 24.0. The Kier molecular flexibility index (Phi) is 6.40. The number of carbonyl (C=O) groups is 1. The number of ether oxygens (including phenoxy) is 1. The Labute approximate surface area is 240 Å². The van der Waals surface area contributed by atoms with E-state index in [1.807, 2.05) is 63.4 Å². The number of pyridine rings is 1. The highest BCUT2D eigenvalue weighted by Crippen LogP contribution is 2.31. The molecule has 2 bridgehead atoms. The van der Waals surface area contributed by atoms with Crippen molar-refractivity contribution in [1.82, 2.24) is 29.7 Å². The number of urea groups is 1. The summed E-state index contributed by atoms with van der Waals surface area (Å²) in [6, 6.07) is 14.2. The highest BCUT2D eigenvalue weighted by molar-refractivity contribution is 7.23. The maximum Gasteiger partial charge on any atom is 0.324 e. The van der Waals surface area contributed by atoms with Crippen LogP contribution in [0.25, 0.3) is 26.6 Å². The van der Waals surface area contributed by atoms with Crippen LogP contribution in [-0.2, 0) is 5.41 Å². The molecule has 0 aliphatic carbocycles. The van der Waals surface area contributed by atoms with Gasteiger partial charge in [-0.2, -0.15) is 0 Å². The monoisotopic (exact) mass is 572 g/mol. The summed E-state index contributed by atoms with van der Waals surface area (Å²) in [5.41, 5.74) is 3.26. The number of benzene rings is 1. The molecule has 7 rings (SSSR count). The van der Waals surface area contributed by atoms with Gasteiger partial charge in [0.2, 0.25) is 5.88 Å². The number of aromatic nitrogens is 4. The molecule has 212 valence electrons. The lowest BCUT2D eigenvalue weighted by Crippen LogP contribution is -2.45. The number of carbonyl (C=O) groups excluding carboxylic acids is 1. The normalized spacial score (nSPS) is 18.9. The predicted molar refractivity (Wildman–Crippen MR) is 159 cm³/mol. The topological polar surface area (TPSA) is 122 Å². The first kappa shape index (κ1) is 25.9. The molecule has 2 amide bonds. The van der Waals surface area contributed by atoms with E-state index in [4.69, 9.17) is 19.2 Å². The van der Waals surface area contributed by atoms with Crippen LogP contribution >= 0.6 is 11.3 Å².